The average molecular weight is 395 g/mol. The molecule has 1 amide bonds. The fraction of sp³-hybridized carbons (Fsp3) is 0.190. The molecule has 0 atom stereocenters. The fourth-order valence-corrected chi connectivity index (χ4v) is 2.92. The van der Waals surface area contributed by atoms with Gasteiger partial charge in [-0.1, -0.05) is 24.3 Å². The Morgan fingerprint density at radius 1 is 1.00 bits per heavy atom. The van der Waals surface area contributed by atoms with Crippen molar-refractivity contribution in [3.05, 3.63) is 71.5 Å². The van der Waals surface area contributed by atoms with Crippen LogP contribution in [0.1, 0.15) is 26.3 Å². The first-order valence-corrected chi connectivity index (χ1v) is 8.78. The van der Waals surface area contributed by atoms with Crippen molar-refractivity contribution in [1.82, 2.24) is 9.78 Å². The van der Waals surface area contributed by atoms with Crippen LogP contribution in [0.2, 0.25) is 0 Å². The lowest BCUT2D eigenvalue weighted by Gasteiger charge is -2.12. The maximum Gasteiger partial charge on any atom is 0.338 e. The molecule has 0 bridgehead atoms. The number of methoxy groups -OCH3 is 3. The van der Waals surface area contributed by atoms with Crippen LogP contribution in [0.15, 0.2) is 54.9 Å². The highest BCUT2D eigenvalue weighted by atomic mass is 16.5. The summed E-state index contributed by atoms with van der Waals surface area (Å²) in [6.45, 7) is 0.346. The molecule has 0 spiro atoms. The zero-order valence-electron chi connectivity index (χ0n) is 16.3. The van der Waals surface area contributed by atoms with Gasteiger partial charge >= 0.3 is 5.97 Å². The summed E-state index contributed by atoms with van der Waals surface area (Å²) in [4.78, 5) is 24.7. The summed E-state index contributed by atoms with van der Waals surface area (Å²) >= 11 is 0. The Bertz CT molecular complexity index is 1010. The highest BCUT2D eigenvalue weighted by Crippen LogP contribution is 2.29. The average Bonchev–Trinajstić information content (AvgIpc) is 3.19. The van der Waals surface area contributed by atoms with Gasteiger partial charge in [0.15, 0.2) is 0 Å². The Morgan fingerprint density at radius 2 is 1.69 bits per heavy atom. The van der Waals surface area contributed by atoms with Crippen molar-refractivity contribution in [2.45, 2.75) is 6.54 Å². The van der Waals surface area contributed by atoms with E-state index in [1.807, 2.05) is 12.1 Å². The smallest absolute Gasteiger partial charge is 0.338 e. The van der Waals surface area contributed by atoms with Crippen molar-refractivity contribution >= 4 is 17.6 Å². The van der Waals surface area contributed by atoms with Crippen molar-refractivity contribution < 1.29 is 23.8 Å². The van der Waals surface area contributed by atoms with Gasteiger partial charge in [0.2, 0.25) is 0 Å². The summed E-state index contributed by atoms with van der Waals surface area (Å²) in [5.41, 5.74) is 2.02. The van der Waals surface area contributed by atoms with Gasteiger partial charge in [0, 0.05) is 6.20 Å². The monoisotopic (exact) mass is 395 g/mol. The molecule has 150 valence electrons. The SMILES string of the molecule is COC(=O)c1ccccc1Cn1cc(NC(=O)c2c(OC)cccc2OC)cn1. The van der Waals surface area contributed by atoms with E-state index in [4.69, 9.17) is 14.2 Å². The van der Waals surface area contributed by atoms with E-state index in [0.717, 1.165) is 5.56 Å². The van der Waals surface area contributed by atoms with Crippen molar-refractivity contribution in [1.29, 1.82) is 0 Å². The van der Waals surface area contributed by atoms with Crippen LogP contribution in [0.3, 0.4) is 0 Å². The van der Waals surface area contributed by atoms with E-state index in [0.29, 0.717) is 34.9 Å². The van der Waals surface area contributed by atoms with Crippen LogP contribution < -0.4 is 14.8 Å². The summed E-state index contributed by atoms with van der Waals surface area (Å²) in [5.74, 6) is 0.0147. The molecule has 0 aliphatic carbocycles. The van der Waals surface area contributed by atoms with Crippen LogP contribution in [-0.4, -0.2) is 43.0 Å². The van der Waals surface area contributed by atoms with E-state index in [-0.39, 0.29) is 5.91 Å². The normalized spacial score (nSPS) is 10.3. The molecule has 0 aliphatic rings. The molecule has 1 heterocycles. The lowest BCUT2D eigenvalue weighted by molar-refractivity contribution is 0.0599. The molecular weight excluding hydrogens is 374 g/mol. The third-order valence-electron chi connectivity index (χ3n) is 4.30. The van der Waals surface area contributed by atoms with Gasteiger partial charge in [-0.3, -0.25) is 9.48 Å². The third kappa shape index (κ3) is 4.37. The van der Waals surface area contributed by atoms with E-state index in [1.54, 1.807) is 41.2 Å². The summed E-state index contributed by atoms with van der Waals surface area (Å²) in [7, 11) is 4.32. The standard InChI is InChI=1S/C21H21N3O5/c1-27-17-9-6-10-18(28-2)19(17)20(25)23-15-11-22-24(13-15)12-14-7-4-5-8-16(14)21(26)29-3/h4-11,13H,12H2,1-3H3,(H,23,25). The highest BCUT2D eigenvalue weighted by molar-refractivity contribution is 6.08. The van der Waals surface area contributed by atoms with E-state index < -0.39 is 5.97 Å². The number of anilines is 1. The number of nitrogens with zero attached hydrogens (tertiary/aromatic N) is 2. The van der Waals surface area contributed by atoms with E-state index in [9.17, 15) is 9.59 Å². The maximum atomic E-state index is 12.8. The zero-order chi connectivity index (χ0) is 20.8. The van der Waals surface area contributed by atoms with Gasteiger partial charge in [-0.2, -0.15) is 5.10 Å². The molecule has 8 heteroatoms. The lowest BCUT2D eigenvalue weighted by atomic mass is 10.1. The number of carbonyl (C=O) groups excluding carboxylic acids is 2. The van der Waals surface area contributed by atoms with Gasteiger partial charge in [-0.15, -0.1) is 0 Å². The molecule has 0 aliphatic heterocycles. The molecule has 0 radical (unpaired) electrons. The second-order valence-corrected chi connectivity index (χ2v) is 6.07. The molecular formula is C21H21N3O5. The first-order valence-electron chi connectivity index (χ1n) is 8.78. The van der Waals surface area contributed by atoms with E-state index >= 15 is 0 Å². The van der Waals surface area contributed by atoms with Gasteiger partial charge < -0.3 is 19.5 Å². The number of hydrogen-bond donors (Lipinski definition) is 1. The lowest BCUT2D eigenvalue weighted by Crippen LogP contribution is -2.14. The number of esters is 1. The number of benzene rings is 2. The van der Waals surface area contributed by atoms with Crippen LogP contribution in [-0.2, 0) is 11.3 Å². The predicted octanol–water partition coefficient (Wildman–Crippen LogP) is 2.99. The molecule has 8 nitrogen and oxygen atoms in total. The largest absolute Gasteiger partial charge is 0.496 e. The van der Waals surface area contributed by atoms with Crippen LogP contribution in [0.25, 0.3) is 0 Å². The van der Waals surface area contributed by atoms with Crippen LogP contribution >= 0.6 is 0 Å². The molecule has 0 fully saturated rings. The van der Waals surface area contributed by atoms with E-state index in [2.05, 4.69) is 10.4 Å². The second-order valence-electron chi connectivity index (χ2n) is 6.07. The number of hydrogen-bond acceptors (Lipinski definition) is 6. The molecule has 0 saturated heterocycles. The highest BCUT2D eigenvalue weighted by Gasteiger charge is 2.19. The van der Waals surface area contributed by atoms with E-state index in [1.165, 1.54) is 27.5 Å². The second kappa shape index (κ2) is 8.92. The summed E-state index contributed by atoms with van der Waals surface area (Å²) in [6, 6.07) is 12.2. The molecule has 29 heavy (non-hydrogen) atoms. The molecule has 2 aromatic carbocycles. The quantitative estimate of drug-likeness (QED) is 0.619. The Morgan fingerprint density at radius 3 is 2.34 bits per heavy atom. The summed E-state index contributed by atoms with van der Waals surface area (Å²) in [5, 5.41) is 7.05. The Balaban J connectivity index is 1.79. The number of rotatable bonds is 7. The van der Waals surface area contributed by atoms with Gasteiger partial charge in [0.25, 0.3) is 5.91 Å². The first-order chi connectivity index (χ1) is 14.1. The Labute approximate surface area is 168 Å². The third-order valence-corrected chi connectivity index (χ3v) is 4.30. The van der Waals surface area contributed by atoms with Crippen LogP contribution in [0.5, 0.6) is 11.5 Å². The van der Waals surface area contributed by atoms with Crippen LogP contribution in [0.4, 0.5) is 5.69 Å². The van der Waals surface area contributed by atoms with Gasteiger partial charge in [-0.05, 0) is 23.8 Å². The molecule has 1 aromatic heterocycles. The number of carbonyl (C=O) groups is 2. The number of nitrogens with one attached hydrogen (secondary N) is 1. The minimum atomic E-state index is -0.412. The van der Waals surface area contributed by atoms with Gasteiger partial charge in [0.05, 0.1) is 45.3 Å². The molecule has 0 saturated carbocycles. The Hall–Kier alpha value is -3.81. The molecule has 1 N–H and O–H groups in total. The molecule has 3 aromatic rings. The Kier molecular flexibility index (Phi) is 6.13. The van der Waals surface area contributed by atoms with Crippen LogP contribution in [0, 0.1) is 0 Å². The van der Waals surface area contributed by atoms with Crippen molar-refractivity contribution in [3.8, 4) is 11.5 Å². The van der Waals surface area contributed by atoms with Gasteiger partial charge in [0.1, 0.15) is 17.1 Å². The maximum absolute atomic E-state index is 12.8. The number of ether oxygens (including phenoxy) is 3. The topological polar surface area (TPSA) is 91.7 Å². The minimum Gasteiger partial charge on any atom is -0.496 e. The summed E-state index contributed by atoms with van der Waals surface area (Å²) in [6.07, 6.45) is 3.20. The van der Waals surface area contributed by atoms with Crippen molar-refractivity contribution in [2.24, 2.45) is 0 Å². The van der Waals surface area contributed by atoms with Crippen molar-refractivity contribution in [2.75, 3.05) is 26.6 Å². The molecule has 3 rings (SSSR count). The fourth-order valence-electron chi connectivity index (χ4n) is 2.92. The summed E-state index contributed by atoms with van der Waals surface area (Å²) < 4.78 is 17.0. The molecule has 0 unspecified atom stereocenters. The first kappa shape index (κ1) is 19.9. The zero-order valence-corrected chi connectivity index (χ0v) is 16.3. The number of aromatic nitrogens is 2. The number of amides is 1. The minimum absolute atomic E-state index is 0.293. The van der Waals surface area contributed by atoms with Crippen molar-refractivity contribution in [3.63, 3.8) is 0 Å². The predicted molar refractivity (Wildman–Crippen MR) is 107 cm³/mol. The van der Waals surface area contributed by atoms with Gasteiger partial charge in [-0.25, -0.2) is 4.79 Å².